The largest absolute Gasteiger partial charge is 0.455 e. The first-order valence-corrected chi connectivity index (χ1v) is 18.7. The van der Waals surface area contributed by atoms with E-state index in [0.717, 1.165) is 49.8 Å². The molecule has 0 spiro atoms. The number of para-hydroxylation sites is 2. The second kappa shape index (κ2) is 10.9. The molecule has 0 fully saturated rings. The van der Waals surface area contributed by atoms with E-state index in [2.05, 4.69) is 183 Å². The van der Waals surface area contributed by atoms with Gasteiger partial charge in [0.1, 0.15) is 11.2 Å². The van der Waals surface area contributed by atoms with E-state index < -0.39 is 0 Å². The molecule has 8 aromatic carbocycles. The monoisotopic (exact) mass is 683 g/mol. The predicted octanol–water partition coefficient (Wildman–Crippen LogP) is 14.6. The average molecular weight is 684 g/mol. The van der Waals surface area contributed by atoms with Crippen molar-refractivity contribution in [3.05, 3.63) is 175 Å². The molecule has 2 nitrogen and oxygen atoms in total. The molecule has 52 heavy (non-hydrogen) atoms. The van der Waals surface area contributed by atoms with Crippen LogP contribution in [0.3, 0.4) is 0 Å². The molecule has 2 heterocycles. The highest BCUT2D eigenvalue weighted by Gasteiger charge is 2.36. The summed E-state index contributed by atoms with van der Waals surface area (Å²) in [5.74, 6) is 0. The van der Waals surface area contributed by atoms with Crippen LogP contribution >= 0.6 is 11.3 Å². The van der Waals surface area contributed by atoms with Crippen LogP contribution < -0.4 is 4.90 Å². The Hall–Kier alpha value is -6.16. The van der Waals surface area contributed by atoms with Crippen LogP contribution in [0.25, 0.3) is 75.1 Å². The van der Waals surface area contributed by atoms with Crippen LogP contribution in [-0.4, -0.2) is 0 Å². The highest BCUT2D eigenvalue weighted by atomic mass is 32.1. The van der Waals surface area contributed by atoms with Crippen molar-refractivity contribution in [2.24, 2.45) is 0 Å². The normalized spacial score (nSPS) is 13.3. The van der Waals surface area contributed by atoms with Crippen molar-refractivity contribution in [1.82, 2.24) is 0 Å². The summed E-state index contributed by atoms with van der Waals surface area (Å²) >= 11 is 1.87. The maximum Gasteiger partial charge on any atom is 0.143 e. The number of anilines is 3. The Kier molecular flexibility index (Phi) is 6.21. The van der Waals surface area contributed by atoms with E-state index in [-0.39, 0.29) is 5.41 Å². The predicted molar refractivity (Wildman–Crippen MR) is 222 cm³/mol. The number of thiophene rings is 1. The van der Waals surface area contributed by atoms with Crippen molar-refractivity contribution in [3.8, 4) is 22.3 Å². The average Bonchev–Trinajstić information content (AvgIpc) is 3.84. The van der Waals surface area contributed by atoms with Gasteiger partial charge < -0.3 is 9.32 Å². The van der Waals surface area contributed by atoms with Crippen molar-refractivity contribution in [1.29, 1.82) is 0 Å². The lowest BCUT2D eigenvalue weighted by Gasteiger charge is -2.30. The summed E-state index contributed by atoms with van der Waals surface area (Å²) in [6.45, 7) is 4.72. The lowest BCUT2D eigenvalue weighted by Crippen LogP contribution is -2.17. The molecule has 0 saturated heterocycles. The van der Waals surface area contributed by atoms with E-state index in [1.54, 1.807) is 0 Å². The third kappa shape index (κ3) is 4.11. The first kappa shape index (κ1) is 29.6. The van der Waals surface area contributed by atoms with Gasteiger partial charge in [-0.05, 0) is 64.0 Å². The summed E-state index contributed by atoms with van der Waals surface area (Å²) in [4.78, 5) is 2.49. The summed E-state index contributed by atoms with van der Waals surface area (Å²) in [5.41, 5.74) is 12.7. The summed E-state index contributed by atoms with van der Waals surface area (Å²) < 4.78 is 9.48. The van der Waals surface area contributed by atoms with Crippen LogP contribution in [0.2, 0.25) is 0 Å². The molecule has 0 saturated carbocycles. The minimum atomic E-state index is -0.126. The molecule has 0 atom stereocenters. The fraction of sp³-hybridized carbons (Fsp3) is 0.0612. The van der Waals surface area contributed by atoms with Crippen molar-refractivity contribution < 1.29 is 4.42 Å². The van der Waals surface area contributed by atoms with Crippen LogP contribution in [0.1, 0.15) is 25.0 Å². The summed E-state index contributed by atoms with van der Waals surface area (Å²) in [7, 11) is 0. The third-order valence-corrected chi connectivity index (χ3v) is 12.5. The maximum absolute atomic E-state index is 6.91. The zero-order chi connectivity index (χ0) is 34.6. The Morgan fingerprint density at radius 1 is 0.462 bits per heavy atom. The summed E-state index contributed by atoms with van der Waals surface area (Å²) in [6, 6.07) is 59.8. The van der Waals surface area contributed by atoms with Crippen molar-refractivity contribution in [3.63, 3.8) is 0 Å². The molecule has 3 heteroatoms. The van der Waals surface area contributed by atoms with E-state index in [1.807, 2.05) is 11.3 Å². The molecule has 0 bridgehead atoms. The van der Waals surface area contributed by atoms with Crippen LogP contribution in [0.15, 0.2) is 168 Å². The van der Waals surface area contributed by atoms with Crippen LogP contribution in [0.4, 0.5) is 17.1 Å². The lowest BCUT2D eigenvalue weighted by molar-refractivity contribution is 0.660. The molecule has 10 aromatic rings. The zero-order valence-electron chi connectivity index (χ0n) is 28.9. The Morgan fingerprint density at radius 2 is 1.12 bits per heavy atom. The fourth-order valence-electron chi connectivity index (χ4n) is 8.78. The van der Waals surface area contributed by atoms with Gasteiger partial charge in [0.05, 0.1) is 16.1 Å². The molecule has 1 aliphatic rings. The highest BCUT2D eigenvalue weighted by Crippen LogP contribution is 2.53. The number of hydrogen-bond donors (Lipinski definition) is 0. The van der Waals surface area contributed by atoms with Gasteiger partial charge in [-0.2, -0.15) is 0 Å². The molecule has 1 aliphatic carbocycles. The minimum absolute atomic E-state index is 0.126. The number of furan rings is 1. The summed E-state index contributed by atoms with van der Waals surface area (Å²) in [5, 5.41) is 7.15. The van der Waals surface area contributed by atoms with Crippen LogP contribution in [0, 0.1) is 0 Å². The maximum atomic E-state index is 6.91. The first-order chi connectivity index (χ1) is 25.6. The lowest BCUT2D eigenvalue weighted by atomic mass is 9.82. The molecule has 0 unspecified atom stereocenters. The molecule has 0 aliphatic heterocycles. The number of hydrogen-bond acceptors (Lipinski definition) is 3. The number of rotatable bonds is 4. The second-order valence-corrected chi connectivity index (χ2v) is 15.5. The third-order valence-electron chi connectivity index (χ3n) is 11.3. The fourth-order valence-corrected chi connectivity index (χ4v) is 9.99. The number of fused-ring (bicyclic) bond motifs is 11. The Balaban J connectivity index is 1.20. The number of benzene rings is 8. The van der Waals surface area contributed by atoms with Gasteiger partial charge in [-0.25, -0.2) is 0 Å². The van der Waals surface area contributed by atoms with E-state index in [1.165, 1.54) is 53.5 Å². The molecule has 246 valence electrons. The Morgan fingerprint density at radius 3 is 2.04 bits per heavy atom. The highest BCUT2D eigenvalue weighted by molar-refractivity contribution is 7.26. The second-order valence-electron chi connectivity index (χ2n) is 14.5. The van der Waals surface area contributed by atoms with Crippen molar-refractivity contribution in [2.45, 2.75) is 19.3 Å². The Labute approximate surface area is 305 Å². The molecular formula is C49H33NOS. The van der Waals surface area contributed by atoms with E-state index in [4.69, 9.17) is 4.42 Å². The van der Waals surface area contributed by atoms with Gasteiger partial charge in [0, 0.05) is 53.9 Å². The smallest absolute Gasteiger partial charge is 0.143 e. The van der Waals surface area contributed by atoms with E-state index >= 15 is 0 Å². The molecular weight excluding hydrogens is 651 g/mol. The van der Waals surface area contributed by atoms with Crippen molar-refractivity contribution in [2.75, 3.05) is 4.90 Å². The van der Waals surface area contributed by atoms with Gasteiger partial charge in [0.15, 0.2) is 0 Å². The molecule has 0 N–H and O–H groups in total. The minimum Gasteiger partial charge on any atom is -0.455 e. The van der Waals surface area contributed by atoms with Gasteiger partial charge in [-0.1, -0.05) is 141 Å². The molecule has 11 rings (SSSR count). The molecule has 0 radical (unpaired) electrons. The van der Waals surface area contributed by atoms with Gasteiger partial charge >= 0.3 is 0 Å². The Bertz CT molecular complexity index is 3070. The van der Waals surface area contributed by atoms with Gasteiger partial charge in [0.2, 0.25) is 0 Å². The van der Waals surface area contributed by atoms with Crippen molar-refractivity contribution >= 4 is 81.3 Å². The standard InChI is InChI=1S/C49H33NOS/c1-49(2)41-21-8-5-15-33(41)34-28-26-31(29-42(34)49)50(44-23-12-20-40-36-17-7-10-24-45(36)52-48(40)44)43-22-9-6-16-35(43)37-18-11-19-38-39-27-25-30-13-3-4-14-32(30)46(39)51-47(37)38/h3-29H,1-2H3. The molecule has 2 aromatic heterocycles. The topological polar surface area (TPSA) is 16.4 Å². The van der Waals surface area contributed by atoms with Crippen LogP contribution in [-0.2, 0) is 5.41 Å². The molecule has 0 amide bonds. The van der Waals surface area contributed by atoms with Gasteiger partial charge in [-0.15, -0.1) is 11.3 Å². The zero-order valence-corrected chi connectivity index (χ0v) is 29.7. The first-order valence-electron chi connectivity index (χ1n) is 17.9. The van der Waals surface area contributed by atoms with Crippen LogP contribution in [0.5, 0.6) is 0 Å². The quantitative estimate of drug-likeness (QED) is 0.184. The van der Waals surface area contributed by atoms with Gasteiger partial charge in [-0.3, -0.25) is 0 Å². The number of nitrogens with zero attached hydrogens (tertiary/aromatic N) is 1. The van der Waals surface area contributed by atoms with E-state index in [0.29, 0.717) is 0 Å². The van der Waals surface area contributed by atoms with Gasteiger partial charge in [0.25, 0.3) is 0 Å². The summed E-state index contributed by atoms with van der Waals surface area (Å²) in [6.07, 6.45) is 0. The SMILES string of the molecule is CC1(C)c2ccccc2-c2ccc(N(c3ccccc3-c3cccc4c3oc3c5ccccc5ccc43)c3cccc4c3sc3ccccc34)cc21. The van der Waals surface area contributed by atoms with E-state index in [9.17, 15) is 0 Å².